The third kappa shape index (κ3) is 2.93. The predicted octanol–water partition coefficient (Wildman–Crippen LogP) is 2.41. The van der Waals surface area contributed by atoms with Gasteiger partial charge in [-0.25, -0.2) is 14.6 Å². The second kappa shape index (κ2) is 7.00. The van der Waals surface area contributed by atoms with Gasteiger partial charge in [0.15, 0.2) is 0 Å². The van der Waals surface area contributed by atoms with Gasteiger partial charge in [-0.15, -0.1) is 0 Å². The summed E-state index contributed by atoms with van der Waals surface area (Å²) in [4.78, 5) is 8.95. The summed E-state index contributed by atoms with van der Waals surface area (Å²) in [5.74, 6) is 1.10. The number of aryl methyl sites for hydroxylation is 1. The van der Waals surface area contributed by atoms with E-state index in [1.807, 2.05) is 23.7 Å². The molecule has 3 N–H and O–H groups in total. The fourth-order valence-electron chi connectivity index (χ4n) is 3.92. The van der Waals surface area contributed by atoms with Gasteiger partial charge in [0, 0.05) is 36.7 Å². The van der Waals surface area contributed by atoms with Gasteiger partial charge in [0.2, 0.25) is 11.8 Å². The third-order valence-corrected chi connectivity index (χ3v) is 5.66. The number of aliphatic hydroxyl groups is 1. The van der Waals surface area contributed by atoms with Gasteiger partial charge in [-0.2, -0.15) is 10.4 Å². The summed E-state index contributed by atoms with van der Waals surface area (Å²) in [7, 11) is 0. The van der Waals surface area contributed by atoms with Crippen molar-refractivity contribution in [2.24, 2.45) is 0 Å². The lowest BCUT2D eigenvalue weighted by molar-refractivity contribution is 0.219. The maximum absolute atomic E-state index is 9.90. The third-order valence-electron chi connectivity index (χ3n) is 5.66. The second-order valence-corrected chi connectivity index (χ2v) is 7.81. The average molecular weight is 403 g/mol. The molecule has 4 heterocycles. The number of rotatable bonds is 4. The van der Waals surface area contributed by atoms with Crippen molar-refractivity contribution in [3.63, 3.8) is 0 Å². The average Bonchev–Trinajstić information content (AvgIpc) is 3.35. The molecule has 2 aliphatic heterocycles. The molecule has 3 aromatic rings. The van der Waals surface area contributed by atoms with Crippen LogP contribution in [0.4, 0.5) is 17.3 Å². The van der Waals surface area contributed by atoms with Crippen molar-refractivity contribution in [1.82, 2.24) is 19.7 Å². The molecule has 1 atom stereocenters. The maximum atomic E-state index is 9.90. The molecule has 5 rings (SSSR count). The van der Waals surface area contributed by atoms with Crippen LogP contribution in [0.15, 0.2) is 30.6 Å². The predicted molar refractivity (Wildman–Crippen MR) is 111 cm³/mol. The molecule has 2 aliphatic rings. The van der Waals surface area contributed by atoms with E-state index in [4.69, 9.17) is 4.74 Å². The first-order valence-corrected chi connectivity index (χ1v) is 9.84. The SMILES string of the molecule is CC1(CO)CNc2c(C#N)cc(-c3ccnc(Nc4cnn5c4OCCC5)n3)cc21. The summed E-state index contributed by atoms with van der Waals surface area (Å²) in [5, 5.41) is 30.3. The van der Waals surface area contributed by atoms with Crippen LogP contribution in [0.1, 0.15) is 24.5 Å². The van der Waals surface area contributed by atoms with Gasteiger partial charge in [-0.05, 0) is 23.8 Å². The van der Waals surface area contributed by atoms with Crippen molar-refractivity contribution in [1.29, 1.82) is 5.26 Å². The summed E-state index contributed by atoms with van der Waals surface area (Å²) in [6.45, 7) is 4.03. The van der Waals surface area contributed by atoms with Gasteiger partial charge in [0.1, 0.15) is 11.8 Å². The van der Waals surface area contributed by atoms with Crippen molar-refractivity contribution in [3.05, 3.63) is 41.7 Å². The quantitative estimate of drug-likeness (QED) is 0.607. The first kappa shape index (κ1) is 18.4. The molecule has 0 saturated heterocycles. The molecule has 0 radical (unpaired) electrons. The second-order valence-electron chi connectivity index (χ2n) is 7.81. The number of hydrogen-bond acceptors (Lipinski definition) is 8. The largest absolute Gasteiger partial charge is 0.476 e. The van der Waals surface area contributed by atoms with Gasteiger partial charge in [0.05, 0.1) is 36.4 Å². The summed E-state index contributed by atoms with van der Waals surface area (Å²) >= 11 is 0. The lowest BCUT2D eigenvalue weighted by atomic mass is 9.83. The van der Waals surface area contributed by atoms with E-state index in [1.54, 1.807) is 18.5 Å². The number of fused-ring (bicyclic) bond motifs is 2. The molecular weight excluding hydrogens is 382 g/mol. The zero-order chi connectivity index (χ0) is 20.7. The zero-order valence-electron chi connectivity index (χ0n) is 16.5. The Bertz CT molecular complexity index is 1170. The topological polar surface area (TPSA) is 121 Å². The van der Waals surface area contributed by atoms with Gasteiger partial charge in [0.25, 0.3) is 0 Å². The van der Waals surface area contributed by atoms with E-state index in [0.29, 0.717) is 36.2 Å². The van der Waals surface area contributed by atoms with E-state index in [1.165, 1.54) is 0 Å². The van der Waals surface area contributed by atoms with E-state index < -0.39 is 5.41 Å². The first-order valence-electron chi connectivity index (χ1n) is 9.84. The van der Waals surface area contributed by atoms with Crippen LogP contribution in [0, 0.1) is 11.3 Å². The Kier molecular flexibility index (Phi) is 4.29. The zero-order valence-corrected chi connectivity index (χ0v) is 16.5. The number of ether oxygens (including phenoxy) is 1. The molecule has 1 aromatic carbocycles. The van der Waals surface area contributed by atoms with Crippen LogP contribution < -0.4 is 15.4 Å². The summed E-state index contributed by atoms with van der Waals surface area (Å²) in [6, 6.07) is 7.86. The first-order chi connectivity index (χ1) is 14.6. The van der Waals surface area contributed by atoms with Crippen molar-refractivity contribution in [3.8, 4) is 23.2 Å². The van der Waals surface area contributed by atoms with E-state index in [2.05, 4.69) is 31.8 Å². The molecule has 2 aromatic heterocycles. The van der Waals surface area contributed by atoms with Crippen molar-refractivity contribution >= 4 is 17.3 Å². The Morgan fingerprint density at radius 2 is 2.33 bits per heavy atom. The van der Waals surface area contributed by atoms with Crippen LogP contribution in [-0.4, -0.2) is 44.6 Å². The molecule has 9 heteroatoms. The molecule has 9 nitrogen and oxygen atoms in total. The fourth-order valence-corrected chi connectivity index (χ4v) is 3.92. The highest BCUT2D eigenvalue weighted by molar-refractivity contribution is 5.76. The lowest BCUT2D eigenvalue weighted by Crippen LogP contribution is -2.28. The summed E-state index contributed by atoms with van der Waals surface area (Å²) in [6.07, 6.45) is 4.31. The van der Waals surface area contributed by atoms with E-state index in [0.717, 1.165) is 35.5 Å². The van der Waals surface area contributed by atoms with Crippen LogP contribution in [0.25, 0.3) is 11.3 Å². The normalized spacial score (nSPS) is 19.2. The molecule has 0 spiro atoms. The maximum Gasteiger partial charge on any atom is 0.236 e. The molecule has 0 bridgehead atoms. The number of hydrogen-bond donors (Lipinski definition) is 3. The number of aliphatic hydroxyl groups excluding tert-OH is 1. The molecule has 0 fully saturated rings. The Labute approximate surface area is 173 Å². The van der Waals surface area contributed by atoms with Crippen LogP contribution in [0.5, 0.6) is 5.88 Å². The monoisotopic (exact) mass is 403 g/mol. The van der Waals surface area contributed by atoms with Crippen LogP contribution >= 0.6 is 0 Å². The Hall–Kier alpha value is -3.64. The molecular formula is C21H21N7O2. The van der Waals surface area contributed by atoms with E-state index >= 15 is 0 Å². The van der Waals surface area contributed by atoms with Crippen LogP contribution in [0.2, 0.25) is 0 Å². The van der Waals surface area contributed by atoms with Gasteiger partial charge >= 0.3 is 0 Å². The van der Waals surface area contributed by atoms with Crippen molar-refractivity contribution in [2.75, 3.05) is 30.4 Å². The number of nitrogens with zero attached hydrogens (tertiary/aromatic N) is 5. The fraction of sp³-hybridized carbons (Fsp3) is 0.333. The van der Waals surface area contributed by atoms with Crippen LogP contribution in [0.3, 0.4) is 0 Å². The van der Waals surface area contributed by atoms with Gasteiger partial charge < -0.3 is 20.5 Å². The minimum Gasteiger partial charge on any atom is -0.476 e. The molecule has 0 saturated carbocycles. The van der Waals surface area contributed by atoms with E-state index in [-0.39, 0.29) is 6.61 Å². The number of aromatic nitrogens is 4. The lowest BCUT2D eigenvalue weighted by Gasteiger charge is -2.21. The highest BCUT2D eigenvalue weighted by Gasteiger charge is 2.36. The highest BCUT2D eigenvalue weighted by Crippen LogP contribution is 2.41. The smallest absolute Gasteiger partial charge is 0.236 e. The van der Waals surface area contributed by atoms with Crippen molar-refractivity contribution < 1.29 is 9.84 Å². The number of nitriles is 1. The molecule has 0 aliphatic carbocycles. The van der Waals surface area contributed by atoms with Gasteiger partial charge in [-0.3, -0.25) is 0 Å². The van der Waals surface area contributed by atoms with Crippen LogP contribution in [-0.2, 0) is 12.0 Å². The highest BCUT2D eigenvalue weighted by atomic mass is 16.5. The van der Waals surface area contributed by atoms with Crippen molar-refractivity contribution in [2.45, 2.75) is 25.3 Å². The Balaban J connectivity index is 1.51. The molecule has 152 valence electrons. The molecule has 0 amide bonds. The number of benzene rings is 1. The number of anilines is 3. The summed E-state index contributed by atoms with van der Waals surface area (Å²) in [5.41, 5.74) is 4.00. The Morgan fingerprint density at radius 3 is 3.17 bits per heavy atom. The van der Waals surface area contributed by atoms with Gasteiger partial charge in [-0.1, -0.05) is 6.92 Å². The molecule has 30 heavy (non-hydrogen) atoms. The Morgan fingerprint density at radius 1 is 1.43 bits per heavy atom. The minimum atomic E-state index is -0.445. The standard InChI is InChI=1S/C21H21N7O2/c1-21(12-29)11-24-18-14(9-22)7-13(8-15(18)21)16-3-4-23-20(26-16)27-17-10-25-28-5-2-6-30-19(17)28/h3-4,7-8,10,24,29H,2,5-6,11-12H2,1H3,(H,23,26,27). The number of nitrogens with one attached hydrogen (secondary N) is 2. The minimum absolute atomic E-state index is 0.00926. The van der Waals surface area contributed by atoms with E-state index in [9.17, 15) is 10.4 Å². The molecule has 1 unspecified atom stereocenters. The summed E-state index contributed by atoms with van der Waals surface area (Å²) < 4.78 is 7.53.